The summed E-state index contributed by atoms with van der Waals surface area (Å²) < 4.78 is 11.5. The van der Waals surface area contributed by atoms with E-state index in [4.69, 9.17) is 15.9 Å². The number of alkyl carbamates (subject to hydrolysis) is 1. The maximum absolute atomic E-state index is 13.4. The van der Waals surface area contributed by atoms with Crippen molar-refractivity contribution >= 4 is 18.0 Å². The predicted octanol–water partition coefficient (Wildman–Crippen LogP) is 4.05. The topological polar surface area (TPSA) is 105 Å². The van der Waals surface area contributed by atoms with Gasteiger partial charge in [0.25, 0.3) is 0 Å². The highest BCUT2D eigenvalue weighted by Gasteiger charge is 2.34. The molecule has 0 saturated heterocycles. The molecule has 2 atom stereocenters. The standard InChI is InChI=1S/C31H30N2O6/c1-3-17-33(18-28(34)35)30(36)29(21(2)38-19-22-11-5-4-6-12-22)32-31(37)39-20-27-25-15-9-7-13-23(25)24-14-8-10-16-26(24)27/h1,4-16,21,27,29H,17-20H2,2H3,(H,32,37)(H,34,35)/t21-,29+/m0/s1. The Labute approximate surface area is 227 Å². The zero-order valence-electron chi connectivity index (χ0n) is 21.6. The van der Waals surface area contributed by atoms with Crippen LogP contribution in [-0.2, 0) is 25.7 Å². The minimum atomic E-state index is -1.23. The molecule has 200 valence electrons. The fourth-order valence-electron chi connectivity index (χ4n) is 4.73. The average molecular weight is 527 g/mol. The Morgan fingerprint density at radius 2 is 1.56 bits per heavy atom. The first-order valence-corrected chi connectivity index (χ1v) is 12.6. The molecule has 0 heterocycles. The minimum Gasteiger partial charge on any atom is -0.480 e. The molecule has 8 heteroatoms. The van der Waals surface area contributed by atoms with Crippen molar-refractivity contribution < 1.29 is 29.0 Å². The van der Waals surface area contributed by atoms with Gasteiger partial charge in [-0.3, -0.25) is 9.59 Å². The number of terminal acetylenes is 1. The third kappa shape index (κ3) is 6.64. The number of ether oxygens (including phenoxy) is 2. The van der Waals surface area contributed by atoms with Crippen molar-refractivity contribution in [3.63, 3.8) is 0 Å². The SMILES string of the molecule is C#CCN(CC(=O)O)C(=O)[C@H](NC(=O)OCC1c2ccccc2-c2ccccc21)[C@H](C)OCc1ccccc1. The molecule has 4 rings (SSSR count). The quantitative estimate of drug-likeness (QED) is 0.366. The molecule has 0 radical (unpaired) electrons. The van der Waals surface area contributed by atoms with E-state index in [1.54, 1.807) is 6.92 Å². The summed E-state index contributed by atoms with van der Waals surface area (Å²) >= 11 is 0. The smallest absolute Gasteiger partial charge is 0.407 e. The molecule has 2 N–H and O–H groups in total. The van der Waals surface area contributed by atoms with E-state index in [-0.39, 0.29) is 25.7 Å². The van der Waals surface area contributed by atoms with Crippen LogP contribution < -0.4 is 5.32 Å². The predicted molar refractivity (Wildman–Crippen MR) is 146 cm³/mol. The number of carbonyl (C=O) groups is 3. The third-order valence-corrected chi connectivity index (χ3v) is 6.63. The summed E-state index contributed by atoms with van der Waals surface area (Å²) in [5.41, 5.74) is 5.18. The van der Waals surface area contributed by atoms with Crippen LogP contribution in [0.15, 0.2) is 78.9 Å². The van der Waals surface area contributed by atoms with E-state index in [0.717, 1.165) is 32.7 Å². The third-order valence-electron chi connectivity index (χ3n) is 6.63. The van der Waals surface area contributed by atoms with E-state index in [1.807, 2.05) is 78.9 Å². The Morgan fingerprint density at radius 1 is 0.974 bits per heavy atom. The molecular weight excluding hydrogens is 496 g/mol. The number of rotatable bonds is 11. The van der Waals surface area contributed by atoms with E-state index >= 15 is 0 Å². The van der Waals surface area contributed by atoms with Gasteiger partial charge in [-0.25, -0.2) is 4.79 Å². The molecule has 3 aromatic carbocycles. The first kappa shape index (κ1) is 27.4. The summed E-state index contributed by atoms with van der Waals surface area (Å²) in [6, 6.07) is 24.1. The summed E-state index contributed by atoms with van der Waals surface area (Å²) in [5.74, 6) is 0.237. The van der Waals surface area contributed by atoms with Gasteiger partial charge in [0.1, 0.15) is 19.2 Å². The van der Waals surface area contributed by atoms with Gasteiger partial charge in [0.05, 0.1) is 19.3 Å². The number of hydrogen-bond acceptors (Lipinski definition) is 5. The summed E-state index contributed by atoms with van der Waals surface area (Å²) in [5, 5.41) is 11.9. The number of carbonyl (C=O) groups excluding carboxylic acids is 2. The first-order chi connectivity index (χ1) is 18.9. The Balaban J connectivity index is 1.48. The van der Waals surface area contributed by atoms with Crippen LogP contribution in [-0.4, -0.2) is 59.8 Å². The number of fused-ring (bicyclic) bond motifs is 3. The Morgan fingerprint density at radius 3 is 2.15 bits per heavy atom. The van der Waals surface area contributed by atoms with Crippen molar-refractivity contribution in [3.05, 3.63) is 95.6 Å². The van der Waals surface area contributed by atoms with Gasteiger partial charge in [0.2, 0.25) is 5.91 Å². The lowest BCUT2D eigenvalue weighted by Gasteiger charge is -2.29. The van der Waals surface area contributed by atoms with Crippen molar-refractivity contribution in [2.24, 2.45) is 0 Å². The number of amides is 2. The molecule has 2 amide bonds. The lowest BCUT2D eigenvalue weighted by atomic mass is 9.98. The molecule has 0 aromatic heterocycles. The van der Waals surface area contributed by atoms with Crippen LogP contribution in [0.1, 0.15) is 29.5 Å². The average Bonchev–Trinajstić information content (AvgIpc) is 3.27. The number of carboxylic acids is 1. The molecule has 0 fully saturated rings. The highest BCUT2D eigenvalue weighted by Crippen LogP contribution is 2.44. The van der Waals surface area contributed by atoms with Gasteiger partial charge in [-0.15, -0.1) is 6.42 Å². The normalized spacial score (nSPS) is 13.3. The Bertz CT molecular complexity index is 1320. The van der Waals surface area contributed by atoms with Crippen LogP contribution in [0.25, 0.3) is 11.1 Å². The summed E-state index contributed by atoms with van der Waals surface area (Å²) in [7, 11) is 0. The first-order valence-electron chi connectivity index (χ1n) is 12.6. The van der Waals surface area contributed by atoms with E-state index in [1.165, 1.54) is 0 Å². The molecule has 0 unspecified atom stereocenters. The lowest BCUT2D eigenvalue weighted by molar-refractivity contribution is -0.146. The molecule has 8 nitrogen and oxygen atoms in total. The maximum Gasteiger partial charge on any atom is 0.407 e. The van der Waals surface area contributed by atoms with Gasteiger partial charge in [0.15, 0.2) is 0 Å². The number of nitrogens with one attached hydrogen (secondary N) is 1. The number of nitrogens with zero attached hydrogens (tertiary/aromatic N) is 1. The monoisotopic (exact) mass is 526 g/mol. The molecular formula is C31H30N2O6. The second-order valence-corrected chi connectivity index (χ2v) is 9.24. The van der Waals surface area contributed by atoms with Crippen LogP contribution in [0.2, 0.25) is 0 Å². The van der Waals surface area contributed by atoms with Gasteiger partial charge < -0.3 is 24.8 Å². The highest BCUT2D eigenvalue weighted by atomic mass is 16.5. The Hall–Kier alpha value is -4.61. The number of carboxylic acid groups (broad SMARTS) is 1. The molecule has 0 saturated carbocycles. The number of aliphatic carboxylic acids is 1. The fourth-order valence-corrected chi connectivity index (χ4v) is 4.73. The van der Waals surface area contributed by atoms with Gasteiger partial charge in [-0.2, -0.15) is 0 Å². The summed E-state index contributed by atoms with van der Waals surface area (Å²) in [6.45, 7) is 1.02. The molecule has 1 aliphatic rings. The molecule has 0 aliphatic heterocycles. The maximum atomic E-state index is 13.4. The van der Waals surface area contributed by atoms with Crippen molar-refractivity contribution in [3.8, 4) is 23.5 Å². The van der Waals surface area contributed by atoms with Crippen molar-refractivity contribution in [2.75, 3.05) is 19.7 Å². The van der Waals surface area contributed by atoms with Gasteiger partial charge in [-0.1, -0.05) is 84.8 Å². The van der Waals surface area contributed by atoms with Gasteiger partial charge in [0, 0.05) is 5.92 Å². The van der Waals surface area contributed by atoms with E-state index in [0.29, 0.717) is 0 Å². The van der Waals surface area contributed by atoms with Crippen LogP contribution in [0, 0.1) is 12.3 Å². The second-order valence-electron chi connectivity index (χ2n) is 9.24. The van der Waals surface area contributed by atoms with Crippen LogP contribution >= 0.6 is 0 Å². The van der Waals surface area contributed by atoms with Crippen molar-refractivity contribution in [2.45, 2.75) is 31.6 Å². The fraction of sp³-hybridized carbons (Fsp3) is 0.258. The highest BCUT2D eigenvalue weighted by molar-refractivity contribution is 5.89. The van der Waals surface area contributed by atoms with Crippen molar-refractivity contribution in [1.29, 1.82) is 0 Å². The van der Waals surface area contributed by atoms with Crippen LogP contribution in [0.4, 0.5) is 4.79 Å². The molecule has 3 aromatic rings. The second kappa shape index (κ2) is 12.8. The number of hydrogen-bond donors (Lipinski definition) is 2. The van der Waals surface area contributed by atoms with Crippen molar-refractivity contribution in [1.82, 2.24) is 10.2 Å². The van der Waals surface area contributed by atoms with E-state index in [2.05, 4.69) is 11.2 Å². The summed E-state index contributed by atoms with van der Waals surface area (Å²) in [4.78, 5) is 38.7. The van der Waals surface area contributed by atoms with E-state index in [9.17, 15) is 19.5 Å². The zero-order chi connectivity index (χ0) is 27.8. The van der Waals surface area contributed by atoms with Gasteiger partial charge in [-0.05, 0) is 34.7 Å². The Kier molecular flexibility index (Phi) is 8.97. The summed E-state index contributed by atoms with van der Waals surface area (Å²) in [6.07, 6.45) is 3.74. The molecule has 0 spiro atoms. The minimum absolute atomic E-state index is 0.0587. The largest absolute Gasteiger partial charge is 0.480 e. The molecule has 39 heavy (non-hydrogen) atoms. The molecule has 1 aliphatic carbocycles. The van der Waals surface area contributed by atoms with E-state index < -0.39 is 36.7 Å². The van der Waals surface area contributed by atoms with Gasteiger partial charge >= 0.3 is 12.1 Å². The lowest BCUT2D eigenvalue weighted by Crippen LogP contribution is -2.55. The molecule has 0 bridgehead atoms. The zero-order valence-corrected chi connectivity index (χ0v) is 21.6. The van der Waals surface area contributed by atoms with Crippen LogP contribution in [0.3, 0.4) is 0 Å². The van der Waals surface area contributed by atoms with Crippen LogP contribution in [0.5, 0.6) is 0 Å². The number of benzene rings is 3.